The monoisotopic (exact) mass is 464 g/mol. The summed E-state index contributed by atoms with van der Waals surface area (Å²) in [4.78, 5) is 59.6. The lowest BCUT2D eigenvalue weighted by Crippen LogP contribution is -2.54. The molecule has 4 amide bonds. The summed E-state index contributed by atoms with van der Waals surface area (Å²) in [5.74, 6) is -4.31. The number of carbonyl (C=O) groups excluding carboxylic acids is 4. The van der Waals surface area contributed by atoms with Gasteiger partial charge in [-0.05, 0) is 24.9 Å². The lowest BCUT2D eigenvalue weighted by molar-refractivity contribution is -0.141. The van der Waals surface area contributed by atoms with Gasteiger partial charge < -0.3 is 38.3 Å². The summed E-state index contributed by atoms with van der Waals surface area (Å²) < 4.78 is 0. The van der Waals surface area contributed by atoms with Crippen molar-refractivity contribution in [3.63, 3.8) is 0 Å². The third-order valence-electron chi connectivity index (χ3n) is 4.68. The molecular weight excluding hydrogens is 432 g/mol. The summed E-state index contributed by atoms with van der Waals surface area (Å²) in [6.45, 7) is -0.109. The number of amides is 4. The number of hydrogen-bond acceptors (Lipinski definition) is 7. The van der Waals surface area contributed by atoms with Gasteiger partial charge in [-0.1, -0.05) is 36.8 Å². The summed E-state index contributed by atoms with van der Waals surface area (Å²) in [5.41, 5.74) is 17.0. The van der Waals surface area contributed by atoms with Gasteiger partial charge in [0.05, 0.1) is 19.0 Å². The first-order valence-corrected chi connectivity index (χ1v) is 10.5. The van der Waals surface area contributed by atoms with E-state index in [9.17, 15) is 29.1 Å². The molecular formula is C21H32N6O6. The molecule has 0 fully saturated rings. The maximum absolute atomic E-state index is 12.4. The van der Waals surface area contributed by atoms with Gasteiger partial charge in [0.15, 0.2) is 0 Å². The summed E-state index contributed by atoms with van der Waals surface area (Å²) in [5, 5.41) is 16.3. The summed E-state index contributed by atoms with van der Waals surface area (Å²) in [7, 11) is 0. The van der Waals surface area contributed by atoms with Gasteiger partial charge in [0.2, 0.25) is 23.6 Å². The second kappa shape index (κ2) is 14.5. The number of unbranched alkanes of at least 4 members (excludes halogenated alkanes) is 1. The SMILES string of the molecule is NCCCCC(N)C(=O)NC(CC(N)=O)C(=O)NCC(=O)NC(Cc1ccccc1)C(=O)O. The number of carbonyl (C=O) groups is 5. The third kappa shape index (κ3) is 11.1. The fourth-order valence-corrected chi connectivity index (χ4v) is 2.91. The van der Waals surface area contributed by atoms with Gasteiger partial charge in [0.1, 0.15) is 12.1 Å². The van der Waals surface area contributed by atoms with Crippen molar-refractivity contribution in [1.29, 1.82) is 0 Å². The zero-order valence-corrected chi connectivity index (χ0v) is 18.3. The quantitative estimate of drug-likeness (QED) is 0.140. The van der Waals surface area contributed by atoms with Crippen molar-refractivity contribution in [2.45, 2.75) is 50.2 Å². The minimum absolute atomic E-state index is 0.0538. The fraction of sp³-hybridized carbons (Fsp3) is 0.476. The Bertz CT molecular complexity index is 819. The van der Waals surface area contributed by atoms with Crippen LogP contribution in [0.4, 0.5) is 0 Å². The standard InChI is InChI=1S/C21H32N6O6/c22-9-5-4-8-14(23)19(30)27-15(11-17(24)28)20(31)25-12-18(29)26-16(21(32)33)10-13-6-2-1-3-7-13/h1-3,6-7,14-16H,4-5,8-12,22-23H2,(H2,24,28)(H,25,31)(H,26,29)(H,27,30)(H,32,33). The number of nitrogens with two attached hydrogens (primary N) is 3. The molecule has 1 aromatic rings. The number of hydrogen-bond donors (Lipinski definition) is 7. The maximum atomic E-state index is 12.4. The minimum Gasteiger partial charge on any atom is -0.480 e. The van der Waals surface area contributed by atoms with Gasteiger partial charge in [-0.25, -0.2) is 4.79 Å². The Kier molecular flexibility index (Phi) is 12.1. The van der Waals surface area contributed by atoms with Crippen molar-refractivity contribution in [1.82, 2.24) is 16.0 Å². The summed E-state index contributed by atoms with van der Waals surface area (Å²) in [6, 6.07) is 5.27. The van der Waals surface area contributed by atoms with E-state index in [1.165, 1.54) is 0 Å². The Balaban J connectivity index is 2.63. The molecule has 0 aliphatic heterocycles. The van der Waals surface area contributed by atoms with Crippen molar-refractivity contribution < 1.29 is 29.1 Å². The van der Waals surface area contributed by atoms with Gasteiger partial charge in [0, 0.05) is 6.42 Å². The predicted molar refractivity (Wildman–Crippen MR) is 119 cm³/mol. The van der Waals surface area contributed by atoms with Crippen LogP contribution in [0.1, 0.15) is 31.2 Å². The van der Waals surface area contributed by atoms with Crippen LogP contribution >= 0.6 is 0 Å². The normalized spacial score (nSPS) is 13.3. The number of benzene rings is 1. The van der Waals surface area contributed by atoms with E-state index in [1.54, 1.807) is 30.3 Å². The van der Waals surface area contributed by atoms with Crippen LogP contribution < -0.4 is 33.2 Å². The number of primary amides is 1. The molecule has 0 bridgehead atoms. The molecule has 182 valence electrons. The van der Waals surface area contributed by atoms with Crippen molar-refractivity contribution in [2.24, 2.45) is 17.2 Å². The Hall–Kier alpha value is -3.51. The average molecular weight is 465 g/mol. The minimum atomic E-state index is -1.33. The van der Waals surface area contributed by atoms with Crippen LogP contribution in [0.5, 0.6) is 0 Å². The first kappa shape index (κ1) is 27.5. The molecule has 10 N–H and O–H groups in total. The van der Waals surface area contributed by atoms with Crippen LogP contribution in [0.3, 0.4) is 0 Å². The van der Waals surface area contributed by atoms with Gasteiger partial charge in [0.25, 0.3) is 0 Å². The molecule has 0 saturated carbocycles. The molecule has 1 rings (SSSR count). The van der Waals surface area contributed by atoms with Crippen LogP contribution in [-0.4, -0.2) is 65.9 Å². The highest BCUT2D eigenvalue weighted by Crippen LogP contribution is 2.04. The lowest BCUT2D eigenvalue weighted by Gasteiger charge is -2.20. The van der Waals surface area contributed by atoms with E-state index >= 15 is 0 Å². The topological polar surface area (TPSA) is 220 Å². The second-order valence-corrected chi connectivity index (χ2v) is 7.49. The Morgan fingerprint density at radius 3 is 2.18 bits per heavy atom. The van der Waals surface area contributed by atoms with Gasteiger partial charge in [-0.2, -0.15) is 0 Å². The van der Waals surface area contributed by atoms with E-state index in [1.807, 2.05) is 0 Å². The first-order valence-electron chi connectivity index (χ1n) is 10.5. The fourth-order valence-electron chi connectivity index (χ4n) is 2.91. The molecule has 0 saturated heterocycles. The van der Waals surface area contributed by atoms with Crippen molar-refractivity contribution in [3.05, 3.63) is 35.9 Å². The van der Waals surface area contributed by atoms with Crippen LogP contribution in [0.15, 0.2) is 30.3 Å². The van der Waals surface area contributed by atoms with E-state index in [-0.39, 0.29) is 6.42 Å². The molecule has 33 heavy (non-hydrogen) atoms. The van der Waals surface area contributed by atoms with Crippen LogP contribution in [0, 0.1) is 0 Å². The van der Waals surface area contributed by atoms with Crippen molar-refractivity contribution >= 4 is 29.6 Å². The molecule has 0 radical (unpaired) electrons. The van der Waals surface area contributed by atoms with Crippen molar-refractivity contribution in [2.75, 3.05) is 13.1 Å². The summed E-state index contributed by atoms with van der Waals surface area (Å²) in [6.07, 6.45) is 1.20. The molecule has 12 heteroatoms. The predicted octanol–water partition coefficient (Wildman–Crippen LogP) is -2.27. The molecule has 3 unspecified atom stereocenters. The van der Waals surface area contributed by atoms with Crippen molar-refractivity contribution in [3.8, 4) is 0 Å². The third-order valence-corrected chi connectivity index (χ3v) is 4.68. The largest absolute Gasteiger partial charge is 0.480 e. The molecule has 0 heterocycles. The average Bonchev–Trinajstić information content (AvgIpc) is 2.76. The summed E-state index contributed by atoms with van der Waals surface area (Å²) >= 11 is 0. The number of carboxylic acids is 1. The molecule has 3 atom stereocenters. The molecule has 0 aromatic heterocycles. The Morgan fingerprint density at radius 1 is 0.939 bits per heavy atom. The molecule has 0 aliphatic carbocycles. The van der Waals surface area contributed by atoms with Gasteiger partial charge in [-0.3, -0.25) is 19.2 Å². The van der Waals surface area contributed by atoms with Crippen LogP contribution in [0.25, 0.3) is 0 Å². The Morgan fingerprint density at radius 2 is 1.61 bits per heavy atom. The lowest BCUT2D eigenvalue weighted by atomic mass is 10.1. The zero-order chi connectivity index (χ0) is 24.8. The molecule has 1 aromatic carbocycles. The van der Waals surface area contributed by atoms with Gasteiger partial charge >= 0.3 is 5.97 Å². The highest BCUT2D eigenvalue weighted by Gasteiger charge is 2.26. The first-order chi connectivity index (χ1) is 15.6. The van der Waals surface area contributed by atoms with E-state index in [0.29, 0.717) is 31.4 Å². The van der Waals surface area contributed by atoms with E-state index in [0.717, 1.165) is 0 Å². The van der Waals surface area contributed by atoms with E-state index < -0.39 is 60.7 Å². The highest BCUT2D eigenvalue weighted by atomic mass is 16.4. The molecule has 12 nitrogen and oxygen atoms in total. The number of carboxylic acid groups (broad SMARTS) is 1. The smallest absolute Gasteiger partial charge is 0.326 e. The second-order valence-electron chi connectivity index (χ2n) is 7.49. The molecule has 0 aliphatic rings. The number of aliphatic carboxylic acids is 1. The Labute approximate surface area is 191 Å². The molecule has 0 spiro atoms. The van der Waals surface area contributed by atoms with Gasteiger partial charge in [-0.15, -0.1) is 0 Å². The van der Waals surface area contributed by atoms with Crippen LogP contribution in [-0.2, 0) is 30.4 Å². The number of rotatable bonds is 15. The van der Waals surface area contributed by atoms with Crippen LogP contribution in [0.2, 0.25) is 0 Å². The van der Waals surface area contributed by atoms with E-state index in [4.69, 9.17) is 17.2 Å². The maximum Gasteiger partial charge on any atom is 0.326 e. The zero-order valence-electron chi connectivity index (χ0n) is 18.3. The number of nitrogens with one attached hydrogen (secondary N) is 3. The highest BCUT2D eigenvalue weighted by molar-refractivity contribution is 5.95. The van der Waals surface area contributed by atoms with E-state index in [2.05, 4.69) is 16.0 Å².